The van der Waals surface area contributed by atoms with Gasteiger partial charge in [0.15, 0.2) is 5.82 Å². The number of hydrogen-bond acceptors (Lipinski definition) is 6. The van der Waals surface area contributed by atoms with Gasteiger partial charge in [0.25, 0.3) is 0 Å². The Bertz CT molecular complexity index is 341. The normalized spacial score (nSPS) is 12.4. The lowest BCUT2D eigenvalue weighted by Crippen LogP contribution is -2.13. The molecule has 0 aromatic carbocycles. The monoisotopic (exact) mass is 244 g/mol. The zero-order valence-corrected chi connectivity index (χ0v) is 10.5. The van der Waals surface area contributed by atoms with Gasteiger partial charge in [-0.25, -0.2) is 0 Å². The maximum absolute atomic E-state index is 11.4. The minimum absolute atomic E-state index is 0.324. The molecule has 0 aliphatic carbocycles. The van der Waals surface area contributed by atoms with Crippen molar-refractivity contribution in [3.05, 3.63) is 11.7 Å². The summed E-state index contributed by atoms with van der Waals surface area (Å²) in [7, 11) is 0. The maximum Gasteiger partial charge on any atom is 0.318 e. The van der Waals surface area contributed by atoms with Crippen LogP contribution in [0.1, 0.15) is 38.4 Å². The van der Waals surface area contributed by atoms with Gasteiger partial charge in [0.2, 0.25) is 5.89 Å². The molecule has 0 saturated carbocycles. The molecule has 1 unspecified atom stereocenters. The van der Waals surface area contributed by atoms with Gasteiger partial charge in [-0.05, 0) is 19.6 Å². The highest BCUT2D eigenvalue weighted by Crippen LogP contribution is 2.16. The highest BCUT2D eigenvalue weighted by Gasteiger charge is 2.22. The van der Waals surface area contributed by atoms with E-state index < -0.39 is 5.92 Å². The van der Waals surface area contributed by atoms with E-state index in [2.05, 4.69) is 17.1 Å². The van der Waals surface area contributed by atoms with Crippen LogP contribution < -0.4 is 0 Å². The first-order valence-corrected chi connectivity index (χ1v) is 6.41. The summed E-state index contributed by atoms with van der Waals surface area (Å²) < 4.78 is 9.89. The van der Waals surface area contributed by atoms with Crippen LogP contribution in [0.25, 0.3) is 0 Å². The average molecular weight is 244 g/mol. The summed E-state index contributed by atoms with van der Waals surface area (Å²) in [6.07, 6.45) is 0. The van der Waals surface area contributed by atoms with E-state index in [4.69, 9.17) is 9.26 Å². The number of carbonyl (C=O) groups excluding carboxylic acids is 1. The molecule has 1 aromatic rings. The predicted octanol–water partition coefficient (Wildman–Crippen LogP) is 1.99. The summed E-state index contributed by atoms with van der Waals surface area (Å²) in [5.41, 5.74) is 0. The standard InChI is InChI=1S/C10H16N2O3S/c1-4-14-10(13)7(3)9-11-8(12-15-9)6-16-5-2/h7H,4-6H2,1-3H3. The highest BCUT2D eigenvalue weighted by molar-refractivity contribution is 7.98. The molecule has 0 bridgehead atoms. The molecule has 0 radical (unpaired) electrons. The maximum atomic E-state index is 11.4. The van der Waals surface area contributed by atoms with Crippen molar-refractivity contribution in [2.45, 2.75) is 32.4 Å². The van der Waals surface area contributed by atoms with Gasteiger partial charge in [-0.2, -0.15) is 16.7 Å². The molecule has 1 atom stereocenters. The molecule has 0 aliphatic rings. The molecule has 1 rings (SSSR count). The van der Waals surface area contributed by atoms with Crippen molar-refractivity contribution >= 4 is 17.7 Å². The number of rotatable bonds is 6. The first-order valence-electron chi connectivity index (χ1n) is 5.25. The Balaban J connectivity index is 2.59. The van der Waals surface area contributed by atoms with Crippen molar-refractivity contribution in [1.82, 2.24) is 10.1 Å². The Morgan fingerprint density at radius 2 is 2.31 bits per heavy atom. The molecule has 0 N–H and O–H groups in total. The van der Waals surface area contributed by atoms with E-state index in [0.717, 1.165) is 5.75 Å². The number of aromatic nitrogens is 2. The Morgan fingerprint density at radius 3 is 2.94 bits per heavy atom. The molecule has 1 aromatic heterocycles. The molecule has 1 heterocycles. The van der Waals surface area contributed by atoms with Gasteiger partial charge in [0.05, 0.1) is 12.4 Å². The number of ether oxygens (including phenoxy) is 1. The Kier molecular flexibility index (Phi) is 5.31. The predicted molar refractivity (Wildman–Crippen MR) is 61.2 cm³/mol. The van der Waals surface area contributed by atoms with E-state index in [1.807, 2.05) is 0 Å². The fourth-order valence-corrected chi connectivity index (χ4v) is 1.57. The fourth-order valence-electron chi connectivity index (χ4n) is 1.06. The van der Waals surface area contributed by atoms with Gasteiger partial charge < -0.3 is 9.26 Å². The van der Waals surface area contributed by atoms with Gasteiger partial charge in [-0.3, -0.25) is 4.79 Å². The first kappa shape index (κ1) is 13.0. The van der Waals surface area contributed by atoms with E-state index >= 15 is 0 Å². The average Bonchev–Trinajstić information content (AvgIpc) is 2.74. The largest absolute Gasteiger partial charge is 0.465 e. The zero-order chi connectivity index (χ0) is 12.0. The number of carbonyl (C=O) groups is 1. The summed E-state index contributed by atoms with van der Waals surface area (Å²) >= 11 is 1.70. The second kappa shape index (κ2) is 6.52. The van der Waals surface area contributed by atoms with Crippen LogP contribution in [0.4, 0.5) is 0 Å². The number of hydrogen-bond donors (Lipinski definition) is 0. The van der Waals surface area contributed by atoms with Gasteiger partial charge in [0.1, 0.15) is 5.92 Å². The Morgan fingerprint density at radius 1 is 1.56 bits per heavy atom. The van der Waals surface area contributed by atoms with Crippen LogP contribution in [-0.4, -0.2) is 28.5 Å². The summed E-state index contributed by atoms with van der Waals surface area (Å²) in [5, 5.41) is 3.80. The fraction of sp³-hybridized carbons (Fsp3) is 0.700. The van der Waals surface area contributed by atoms with E-state index in [-0.39, 0.29) is 5.97 Å². The molecule has 6 heteroatoms. The third-order valence-corrected chi connectivity index (χ3v) is 2.80. The molecule has 16 heavy (non-hydrogen) atoms. The molecular weight excluding hydrogens is 228 g/mol. The minimum Gasteiger partial charge on any atom is -0.465 e. The van der Waals surface area contributed by atoms with Gasteiger partial charge in [0, 0.05) is 0 Å². The molecule has 0 fully saturated rings. The van der Waals surface area contributed by atoms with Crippen LogP contribution in [0, 0.1) is 0 Å². The summed E-state index contributed by atoms with van der Waals surface area (Å²) in [5.74, 6) is 1.82. The van der Waals surface area contributed by atoms with E-state index in [9.17, 15) is 4.79 Å². The lowest BCUT2D eigenvalue weighted by atomic mass is 10.2. The molecular formula is C10H16N2O3S. The van der Waals surface area contributed by atoms with Crippen LogP contribution >= 0.6 is 11.8 Å². The van der Waals surface area contributed by atoms with Crippen LogP contribution in [0.2, 0.25) is 0 Å². The molecule has 0 saturated heterocycles. The van der Waals surface area contributed by atoms with E-state index in [1.165, 1.54) is 0 Å². The molecule has 5 nitrogen and oxygen atoms in total. The molecule has 0 amide bonds. The number of esters is 1. The van der Waals surface area contributed by atoms with E-state index in [0.29, 0.717) is 24.1 Å². The highest BCUT2D eigenvalue weighted by atomic mass is 32.2. The van der Waals surface area contributed by atoms with Crippen molar-refractivity contribution in [2.75, 3.05) is 12.4 Å². The van der Waals surface area contributed by atoms with Crippen LogP contribution in [0.3, 0.4) is 0 Å². The van der Waals surface area contributed by atoms with Crippen molar-refractivity contribution in [2.24, 2.45) is 0 Å². The van der Waals surface area contributed by atoms with E-state index in [1.54, 1.807) is 25.6 Å². The number of nitrogens with zero attached hydrogens (tertiary/aromatic N) is 2. The van der Waals surface area contributed by atoms with Gasteiger partial charge >= 0.3 is 5.97 Å². The quantitative estimate of drug-likeness (QED) is 0.713. The van der Waals surface area contributed by atoms with Crippen LogP contribution in [0.15, 0.2) is 4.52 Å². The lowest BCUT2D eigenvalue weighted by Gasteiger charge is -2.04. The summed E-state index contributed by atoms with van der Waals surface area (Å²) in [4.78, 5) is 15.6. The van der Waals surface area contributed by atoms with Crippen LogP contribution in [0.5, 0.6) is 0 Å². The smallest absolute Gasteiger partial charge is 0.318 e. The molecule has 0 spiro atoms. The lowest BCUT2D eigenvalue weighted by molar-refractivity contribution is -0.145. The third-order valence-electron chi connectivity index (χ3n) is 1.93. The van der Waals surface area contributed by atoms with Crippen molar-refractivity contribution in [1.29, 1.82) is 0 Å². The molecule has 90 valence electrons. The topological polar surface area (TPSA) is 65.2 Å². The third kappa shape index (κ3) is 3.52. The summed E-state index contributed by atoms with van der Waals surface area (Å²) in [6.45, 7) is 5.88. The van der Waals surface area contributed by atoms with Gasteiger partial charge in [-0.1, -0.05) is 12.1 Å². The second-order valence-corrected chi connectivity index (χ2v) is 4.43. The zero-order valence-electron chi connectivity index (χ0n) is 9.73. The SMILES string of the molecule is CCOC(=O)C(C)c1nc(CSCC)no1. The first-order chi connectivity index (χ1) is 7.69. The van der Waals surface area contributed by atoms with Crippen LogP contribution in [-0.2, 0) is 15.3 Å². The molecule has 0 aliphatic heterocycles. The van der Waals surface area contributed by atoms with Gasteiger partial charge in [-0.15, -0.1) is 0 Å². The Hall–Kier alpha value is -1.04. The Labute approximate surface area is 98.9 Å². The van der Waals surface area contributed by atoms with Crippen molar-refractivity contribution in [3.8, 4) is 0 Å². The van der Waals surface area contributed by atoms with Crippen molar-refractivity contribution in [3.63, 3.8) is 0 Å². The van der Waals surface area contributed by atoms with Crippen molar-refractivity contribution < 1.29 is 14.1 Å². The summed E-state index contributed by atoms with van der Waals surface area (Å²) in [6, 6.07) is 0. The minimum atomic E-state index is -0.493. The number of thioether (sulfide) groups is 1. The second-order valence-electron chi connectivity index (χ2n) is 3.16.